The number of fused-ring (bicyclic) bond motifs is 1. The first-order valence-corrected chi connectivity index (χ1v) is 9.97. The molecule has 1 heterocycles. The lowest BCUT2D eigenvalue weighted by Gasteiger charge is -2.26. The van der Waals surface area contributed by atoms with Gasteiger partial charge in [0.1, 0.15) is 0 Å². The van der Waals surface area contributed by atoms with E-state index in [0.717, 1.165) is 36.9 Å². The van der Waals surface area contributed by atoms with E-state index in [2.05, 4.69) is 4.72 Å². The van der Waals surface area contributed by atoms with Gasteiger partial charge in [-0.05, 0) is 62.8 Å². The van der Waals surface area contributed by atoms with Crippen molar-refractivity contribution in [1.29, 1.82) is 0 Å². The molecule has 1 amide bonds. The van der Waals surface area contributed by atoms with Crippen LogP contribution in [0.5, 0.6) is 0 Å². The molecule has 2 aliphatic rings. The number of nitrogens with one attached hydrogen (secondary N) is 1. The van der Waals surface area contributed by atoms with Crippen molar-refractivity contribution in [2.75, 3.05) is 4.90 Å². The monoisotopic (exact) mass is 387 g/mol. The summed E-state index contributed by atoms with van der Waals surface area (Å²) in [6, 6.07) is 5.23. The van der Waals surface area contributed by atoms with E-state index in [-0.39, 0.29) is 41.3 Å². The minimum absolute atomic E-state index is 0. The van der Waals surface area contributed by atoms with Gasteiger partial charge < -0.3 is 10.6 Å². The van der Waals surface area contributed by atoms with Gasteiger partial charge in [0.25, 0.3) is 0 Å². The number of nitrogens with two attached hydrogens (primary N) is 1. The second-order valence-corrected chi connectivity index (χ2v) is 8.68. The third-order valence-corrected chi connectivity index (χ3v) is 6.53. The summed E-state index contributed by atoms with van der Waals surface area (Å²) in [7, 11) is -3.55. The Morgan fingerprint density at radius 1 is 1.24 bits per heavy atom. The molecule has 1 saturated carbocycles. The SMILES string of the molecule is CC(=O)N1c2ccc(S(=O)(=O)NC3CCC(N)CC3)cc2CC1C.Cl. The van der Waals surface area contributed by atoms with Crippen LogP contribution in [-0.2, 0) is 21.2 Å². The summed E-state index contributed by atoms with van der Waals surface area (Å²) in [4.78, 5) is 13.8. The minimum Gasteiger partial charge on any atom is -0.328 e. The third-order valence-electron chi connectivity index (χ3n) is 5.01. The Morgan fingerprint density at radius 2 is 1.88 bits per heavy atom. The summed E-state index contributed by atoms with van der Waals surface area (Å²) in [5.74, 6) is -0.0199. The molecule has 0 spiro atoms. The molecule has 1 unspecified atom stereocenters. The highest BCUT2D eigenvalue weighted by atomic mass is 35.5. The summed E-state index contributed by atoms with van der Waals surface area (Å²) in [5, 5.41) is 0. The van der Waals surface area contributed by atoms with Crippen LogP contribution >= 0.6 is 12.4 Å². The van der Waals surface area contributed by atoms with Gasteiger partial charge in [-0.2, -0.15) is 0 Å². The van der Waals surface area contributed by atoms with Crippen molar-refractivity contribution in [3.05, 3.63) is 23.8 Å². The molecule has 1 aliphatic carbocycles. The molecule has 0 saturated heterocycles. The summed E-state index contributed by atoms with van der Waals surface area (Å²) < 4.78 is 28.1. The van der Waals surface area contributed by atoms with Crippen molar-refractivity contribution in [3.63, 3.8) is 0 Å². The average Bonchev–Trinajstić information content (AvgIpc) is 2.84. The fourth-order valence-electron chi connectivity index (χ4n) is 3.78. The zero-order valence-corrected chi connectivity index (χ0v) is 16.2. The van der Waals surface area contributed by atoms with E-state index in [4.69, 9.17) is 5.73 Å². The highest BCUT2D eigenvalue weighted by Crippen LogP contribution is 2.34. The van der Waals surface area contributed by atoms with E-state index in [9.17, 15) is 13.2 Å². The number of halogens is 1. The number of nitrogens with zero attached hydrogens (tertiary/aromatic N) is 1. The largest absolute Gasteiger partial charge is 0.328 e. The molecule has 1 aromatic rings. The first-order chi connectivity index (χ1) is 11.3. The van der Waals surface area contributed by atoms with Crippen molar-refractivity contribution in [2.45, 2.75) is 69.0 Å². The molecule has 3 N–H and O–H groups in total. The van der Waals surface area contributed by atoms with Crippen molar-refractivity contribution in [2.24, 2.45) is 5.73 Å². The number of sulfonamides is 1. The number of carbonyl (C=O) groups excluding carboxylic acids is 1. The topological polar surface area (TPSA) is 92.5 Å². The predicted molar refractivity (Wildman–Crippen MR) is 101 cm³/mol. The Balaban J connectivity index is 0.00000225. The lowest BCUT2D eigenvalue weighted by atomic mass is 9.93. The van der Waals surface area contributed by atoms with E-state index < -0.39 is 10.0 Å². The molecule has 0 bridgehead atoms. The molecule has 25 heavy (non-hydrogen) atoms. The van der Waals surface area contributed by atoms with Gasteiger partial charge in [-0.25, -0.2) is 13.1 Å². The van der Waals surface area contributed by atoms with Crippen LogP contribution in [0.25, 0.3) is 0 Å². The van der Waals surface area contributed by atoms with Gasteiger partial charge in [-0.1, -0.05) is 0 Å². The lowest BCUT2D eigenvalue weighted by molar-refractivity contribution is -0.116. The first-order valence-electron chi connectivity index (χ1n) is 8.48. The average molecular weight is 388 g/mol. The number of anilines is 1. The molecule has 1 fully saturated rings. The van der Waals surface area contributed by atoms with E-state index in [1.807, 2.05) is 6.92 Å². The fraction of sp³-hybridized carbons (Fsp3) is 0.588. The standard InChI is InChI=1S/C17H25N3O3S.ClH/c1-11-9-13-10-16(7-8-17(13)20(11)12(2)21)24(22,23)19-15-5-3-14(18)4-6-15;/h7-8,10-11,14-15,19H,3-6,9,18H2,1-2H3;1H. The molecule has 6 nitrogen and oxygen atoms in total. The van der Waals surface area contributed by atoms with Gasteiger partial charge in [-0.15, -0.1) is 12.4 Å². The van der Waals surface area contributed by atoms with Crippen LogP contribution < -0.4 is 15.4 Å². The van der Waals surface area contributed by atoms with Crippen LogP contribution in [0.2, 0.25) is 0 Å². The molecular weight excluding hydrogens is 362 g/mol. The zero-order chi connectivity index (χ0) is 17.5. The number of carbonyl (C=O) groups is 1. The molecule has 140 valence electrons. The normalized spacial score (nSPS) is 26.0. The van der Waals surface area contributed by atoms with E-state index in [0.29, 0.717) is 6.42 Å². The highest BCUT2D eigenvalue weighted by Gasteiger charge is 2.31. The van der Waals surface area contributed by atoms with Gasteiger partial charge in [0.15, 0.2) is 0 Å². The quantitative estimate of drug-likeness (QED) is 0.829. The van der Waals surface area contributed by atoms with Crippen LogP contribution in [0.1, 0.15) is 45.1 Å². The van der Waals surface area contributed by atoms with Crippen LogP contribution in [0.3, 0.4) is 0 Å². The summed E-state index contributed by atoms with van der Waals surface area (Å²) in [5.41, 5.74) is 7.60. The molecule has 1 aliphatic heterocycles. The van der Waals surface area contributed by atoms with E-state index >= 15 is 0 Å². The molecule has 1 atom stereocenters. The smallest absolute Gasteiger partial charge is 0.240 e. The molecule has 3 rings (SSSR count). The Morgan fingerprint density at radius 3 is 2.48 bits per heavy atom. The Bertz CT molecular complexity index is 746. The van der Waals surface area contributed by atoms with Crippen LogP contribution in [-0.4, -0.2) is 32.5 Å². The second kappa shape index (κ2) is 7.61. The molecule has 8 heteroatoms. The predicted octanol–water partition coefficient (Wildman–Crippen LogP) is 1.95. The van der Waals surface area contributed by atoms with Gasteiger partial charge in [0.2, 0.25) is 15.9 Å². The van der Waals surface area contributed by atoms with E-state index in [1.54, 1.807) is 23.1 Å². The van der Waals surface area contributed by atoms with Gasteiger partial charge >= 0.3 is 0 Å². The Kier molecular flexibility index (Phi) is 6.14. The Labute approximate surface area is 155 Å². The number of benzene rings is 1. The van der Waals surface area contributed by atoms with E-state index in [1.165, 1.54) is 6.92 Å². The zero-order valence-electron chi connectivity index (χ0n) is 14.6. The van der Waals surface area contributed by atoms with Crippen molar-refractivity contribution >= 4 is 34.0 Å². The van der Waals surface area contributed by atoms with Crippen molar-refractivity contribution < 1.29 is 13.2 Å². The fourth-order valence-corrected chi connectivity index (χ4v) is 5.13. The summed E-state index contributed by atoms with van der Waals surface area (Å²) >= 11 is 0. The first kappa shape index (κ1) is 20.2. The van der Waals surface area contributed by atoms with Gasteiger partial charge in [0.05, 0.1) is 4.90 Å². The number of amides is 1. The Hall–Kier alpha value is -1.15. The molecule has 1 aromatic carbocycles. The second-order valence-electron chi connectivity index (χ2n) is 6.97. The third kappa shape index (κ3) is 4.16. The van der Waals surface area contributed by atoms with Crippen molar-refractivity contribution in [3.8, 4) is 0 Å². The van der Waals surface area contributed by atoms with Crippen LogP contribution in [0.4, 0.5) is 5.69 Å². The van der Waals surface area contributed by atoms with Crippen molar-refractivity contribution in [1.82, 2.24) is 4.72 Å². The molecule has 0 aromatic heterocycles. The summed E-state index contributed by atoms with van der Waals surface area (Å²) in [6.07, 6.45) is 3.93. The maximum atomic E-state index is 12.7. The van der Waals surface area contributed by atoms with Gasteiger partial charge in [-0.3, -0.25) is 4.79 Å². The lowest BCUT2D eigenvalue weighted by Crippen LogP contribution is -2.40. The number of rotatable bonds is 3. The highest BCUT2D eigenvalue weighted by molar-refractivity contribution is 7.89. The maximum absolute atomic E-state index is 12.7. The molecule has 0 radical (unpaired) electrons. The number of hydrogen-bond acceptors (Lipinski definition) is 4. The van der Waals surface area contributed by atoms with Crippen LogP contribution in [0.15, 0.2) is 23.1 Å². The summed E-state index contributed by atoms with van der Waals surface area (Å²) in [6.45, 7) is 3.50. The maximum Gasteiger partial charge on any atom is 0.240 e. The van der Waals surface area contributed by atoms with Gasteiger partial charge in [0, 0.05) is 30.7 Å². The molecular formula is C17H26ClN3O3S. The minimum atomic E-state index is -3.55. The van der Waals surface area contributed by atoms with Crippen LogP contribution in [0, 0.1) is 0 Å². The number of hydrogen-bond donors (Lipinski definition) is 2.